The van der Waals surface area contributed by atoms with Crippen molar-refractivity contribution in [2.75, 3.05) is 13.1 Å². The van der Waals surface area contributed by atoms with Gasteiger partial charge in [0.05, 0.1) is 6.34 Å². The average molecular weight is 155 g/mol. The molecule has 1 rings (SSSR count). The maximum Gasteiger partial charge on any atom is 0.339 e. The van der Waals surface area contributed by atoms with E-state index in [2.05, 4.69) is 4.99 Å². The molecule has 4 nitrogen and oxygen atoms in total. The Morgan fingerprint density at radius 1 is 1.36 bits per heavy atom. The molecule has 0 aromatic rings. The Bertz CT molecular complexity index is 161. The van der Waals surface area contributed by atoms with Crippen LogP contribution in [0.5, 0.6) is 0 Å². The molecular formula is C7H13N3O. The number of urea groups is 1. The highest BCUT2D eigenvalue weighted by molar-refractivity contribution is 5.81. The van der Waals surface area contributed by atoms with Gasteiger partial charge in [0.2, 0.25) is 0 Å². The maximum absolute atomic E-state index is 10.2. The topological polar surface area (TPSA) is 58.7 Å². The Kier molecular flexibility index (Phi) is 2.89. The minimum Gasteiger partial charge on any atom is -0.362 e. The molecule has 2 N–H and O–H groups in total. The van der Waals surface area contributed by atoms with Crippen LogP contribution in [-0.4, -0.2) is 30.4 Å². The van der Waals surface area contributed by atoms with E-state index in [9.17, 15) is 4.79 Å². The summed E-state index contributed by atoms with van der Waals surface area (Å²) in [5, 5.41) is 0. The fraction of sp³-hybridized carbons (Fsp3) is 0.714. The van der Waals surface area contributed by atoms with Gasteiger partial charge in [-0.25, -0.2) is 4.79 Å². The first-order valence-corrected chi connectivity index (χ1v) is 3.87. The molecule has 0 bridgehead atoms. The molecule has 0 atom stereocenters. The number of hydrogen-bond donors (Lipinski definition) is 1. The molecule has 1 heterocycles. The third kappa shape index (κ3) is 3.02. The van der Waals surface area contributed by atoms with Crippen molar-refractivity contribution in [3.05, 3.63) is 0 Å². The first kappa shape index (κ1) is 8.04. The van der Waals surface area contributed by atoms with E-state index in [4.69, 9.17) is 5.73 Å². The van der Waals surface area contributed by atoms with Crippen LogP contribution in [0.2, 0.25) is 0 Å². The SMILES string of the molecule is NC(=O)N=CN1CCCCC1. The van der Waals surface area contributed by atoms with Gasteiger partial charge < -0.3 is 10.6 Å². The molecule has 11 heavy (non-hydrogen) atoms. The standard InChI is InChI=1S/C7H13N3O/c8-7(11)9-6-10-4-2-1-3-5-10/h6H,1-5H2,(H2,8,11). The Morgan fingerprint density at radius 3 is 2.55 bits per heavy atom. The Balaban J connectivity index is 2.29. The zero-order valence-corrected chi connectivity index (χ0v) is 6.49. The van der Waals surface area contributed by atoms with Crippen molar-refractivity contribution in [2.24, 2.45) is 10.7 Å². The highest BCUT2D eigenvalue weighted by Crippen LogP contribution is 2.05. The average Bonchev–Trinajstić information content (AvgIpc) is 2.03. The van der Waals surface area contributed by atoms with E-state index in [1.165, 1.54) is 19.3 Å². The zero-order valence-electron chi connectivity index (χ0n) is 6.49. The van der Waals surface area contributed by atoms with E-state index < -0.39 is 6.03 Å². The van der Waals surface area contributed by atoms with Gasteiger partial charge >= 0.3 is 6.03 Å². The van der Waals surface area contributed by atoms with E-state index in [0.29, 0.717) is 0 Å². The number of aliphatic imine (C=N–C) groups is 1. The lowest BCUT2D eigenvalue weighted by Gasteiger charge is -2.23. The van der Waals surface area contributed by atoms with Crippen LogP contribution in [0.4, 0.5) is 4.79 Å². The second kappa shape index (κ2) is 3.95. The van der Waals surface area contributed by atoms with Gasteiger partial charge in [0.15, 0.2) is 0 Å². The summed E-state index contributed by atoms with van der Waals surface area (Å²) in [5.74, 6) is 0. The second-order valence-corrected chi connectivity index (χ2v) is 2.68. The Hall–Kier alpha value is -1.06. The van der Waals surface area contributed by atoms with E-state index in [1.807, 2.05) is 4.90 Å². The summed E-state index contributed by atoms with van der Waals surface area (Å²) in [6.45, 7) is 1.99. The number of amides is 2. The van der Waals surface area contributed by atoms with Crippen molar-refractivity contribution >= 4 is 12.4 Å². The lowest BCUT2D eigenvalue weighted by Crippen LogP contribution is -2.28. The quantitative estimate of drug-likeness (QED) is 0.444. The number of nitrogens with two attached hydrogens (primary N) is 1. The fourth-order valence-electron chi connectivity index (χ4n) is 1.17. The lowest BCUT2D eigenvalue weighted by atomic mass is 10.1. The predicted molar refractivity (Wildman–Crippen MR) is 43.5 cm³/mol. The normalized spacial score (nSPS) is 19.1. The smallest absolute Gasteiger partial charge is 0.339 e. The number of likely N-dealkylation sites (tertiary alicyclic amines) is 1. The number of carbonyl (C=O) groups is 1. The molecule has 1 saturated heterocycles. The molecule has 2 amide bonds. The van der Waals surface area contributed by atoms with Gasteiger partial charge in [-0.3, -0.25) is 0 Å². The first-order valence-electron chi connectivity index (χ1n) is 3.87. The molecule has 0 spiro atoms. The summed E-state index contributed by atoms with van der Waals surface area (Å²) >= 11 is 0. The molecule has 0 unspecified atom stereocenters. The fourth-order valence-corrected chi connectivity index (χ4v) is 1.17. The summed E-state index contributed by atoms with van der Waals surface area (Å²) in [5.41, 5.74) is 4.85. The molecule has 62 valence electrons. The Morgan fingerprint density at radius 2 is 2.00 bits per heavy atom. The molecule has 0 aromatic carbocycles. The molecule has 4 heteroatoms. The van der Waals surface area contributed by atoms with Gasteiger partial charge in [0.1, 0.15) is 0 Å². The van der Waals surface area contributed by atoms with E-state index in [1.54, 1.807) is 6.34 Å². The summed E-state index contributed by atoms with van der Waals surface area (Å²) in [7, 11) is 0. The lowest BCUT2D eigenvalue weighted by molar-refractivity contribution is 0.256. The van der Waals surface area contributed by atoms with Gasteiger partial charge in [-0.1, -0.05) is 0 Å². The molecule has 0 aromatic heterocycles. The van der Waals surface area contributed by atoms with Gasteiger partial charge in [-0.2, -0.15) is 4.99 Å². The van der Waals surface area contributed by atoms with E-state index in [0.717, 1.165) is 13.1 Å². The third-order valence-corrected chi connectivity index (χ3v) is 1.74. The van der Waals surface area contributed by atoms with Gasteiger partial charge in [-0.05, 0) is 19.3 Å². The molecule has 0 aliphatic carbocycles. The van der Waals surface area contributed by atoms with Gasteiger partial charge in [0.25, 0.3) is 0 Å². The zero-order chi connectivity index (χ0) is 8.10. The minimum absolute atomic E-state index is 0.615. The molecule has 1 aliphatic heterocycles. The largest absolute Gasteiger partial charge is 0.362 e. The van der Waals surface area contributed by atoms with Crippen LogP contribution in [0.3, 0.4) is 0 Å². The number of nitrogens with zero attached hydrogens (tertiary/aromatic N) is 2. The number of rotatable bonds is 1. The van der Waals surface area contributed by atoms with Crippen molar-refractivity contribution in [3.63, 3.8) is 0 Å². The van der Waals surface area contributed by atoms with Crippen LogP contribution < -0.4 is 5.73 Å². The highest BCUT2D eigenvalue weighted by Gasteiger charge is 2.05. The summed E-state index contributed by atoms with van der Waals surface area (Å²) < 4.78 is 0. The summed E-state index contributed by atoms with van der Waals surface area (Å²) in [6.07, 6.45) is 5.19. The van der Waals surface area contributed by atoms with Gasteiger partial charge in [0, 0.05) is 13.1 Å². The predicted octanol–water partition coefficient (Wildman–Crippen LogP) is 0.579. The number of carbonyl (C=O) groups excluding carboxylic acids is 1. The minimum atomic E-state index is -0.615. The molecule has 1 fully saturated rings. The summed E-state index contributed by atoms with van der Waals surface area (Å²) in [4.78, 5) is 15.7. The maximum atomic E-state index is 10.2. The van der Waals surface area contributed by atoms with Crippen LogP contribution >= 0.6 is 0 Å². The van der Waals surface area contributed by atoms with Crippen LogP contribution in [0, 0.1) is 0 Å². The van der Waals surface area contributed by atoms with Gasteiger partial charge in [-0.15, -0.1) is 0 Å². The van der Waals surface area contributed by atoms with Crippen molar-refractivity contribution in [1.82, 2.24) is 4.90 Å². The van der Waals surface area contributed by atoms with Crippen LogP contribution in [-0.2, 0) is 0 Å². The van der Waals surface area contributed by atoms with Crippen molar-refractivity contribution in [1.29, 1.82) is 0 Å². The second-order valence-electron chi connectivity index (χ2n) is 2.68. The highest BCUT2D eigenvalue weighted by atomic mass is 16.2. The van der Waals surface area contributed by atoms with Crippen LogP contribution in [0.15, 0.2) is 4.99 Å². The van der Waals surface area contributed by atoms with E-state index in [-0.39, 0.29) is 0 Å². The Labute approximate surface area is 66.1 Å². The monoisotopic (exact) mass is 155 g/mol. The van der Waals surface area contributed by atoms with Crippen LogP contribution in [0.1, 0.15) is 19.3 Å². The molecule has 0 saturated carbocycles. The van der Waals surface area contributed by atoms with Crippen molar-refractivity contribution < 1.29 is 4.79 Å². The first-order chi connectivity index (χ1) is 5.29. The third-order valence-electron chi connectivity index (χ3n) is 1.74. The number of primary amides is 1. The summed E-state index contributed by atoms with van der Waals surface area (Å²) in [6, 6.07) is -0.615. The van der Waals surface area contributed by atoms with Crippen molar-refractivity contribution in [3.8, 4) is 0 Å². The molecular weight excluding hydrogens is 142 g/mol. The number of hydrogen-bond acceptors (Lipinski definition) is 1. The van der Waals surface area contributed by atoms with Crippen LogP contribution in [0.25, 0.3) is 0 Å². The molecule has 1 aliphatic rings. The van der Waals surface area contributed by atoms with E-state index >= 15 is 0 Å². The molecule has 0 radical (unpaired) electrons. The van der Waals surface area contributed by atoms with Crippen molar-refractivity contribution in [2.45, 2.75) is 19.3 Å². The number of piperidine rings is 1.